The van der Waals surface area contributed by atoms with Crippen LogP contribution in [0.15, 0.2) is 6.07 Å². The largest absolute Gasteiger partial charge is 0.477 e. The molecule has 0 aliphatic carbocycles. The molecule has 0 unspecified atom stereocenters. The summed E-state index contributed by atoms with van der Waals surface area (Å²) in [6.45, 7) is 0. The highest BCUT2D eigenvalue weighted by Gasteiger charge is 2.08. The van der Waals surface area contributed by atoms with E-state index in [-0.39, 0.29) is 17.9 Å². The van der Waals surface area contributed by atoms with Crippen LogP contribution < -0.4 is 5.32 Å². The topological polar surface area (TPSA) is 95.1 Å². The van der Waals surface area contributed by atoms with Crippen LogP contribution in [0.1, 0.15) is 16.9 Å². The number of nitrogens with one attached hydrogen (secondary N) is 2. The Morgan fingerprint density at radius 1 is 1.71 bits per heavy atom. The molecule has 0 radical (unpaired) electrons. The maximum atomic E-state index is 10.9. The first-order valence-corrected chi connectivity index (χ1v) is 3.65. The molecule has 0 atom stereocenters. The standard InChI is InChI=1S/C8H7N3O3/c1-2-3-7(12)9-6-4-5(8(13)14)10-11-6/h1,4H,3H2,(H,13,14)(H2,9,10,11,12). The van der Waals surface area contributed by atoms with Crippen LogP contribution in [0, 0.1) is 12.3 Å². The summed E-state index contributed by atoms with van der Waals surface area (Å²) in [5.74, 6) is 0.742. The van der Waals surface area contributed by atoms with Crippen molar-refractivity contribution in [3.8, 4) is 12.3 Å². The van der Waals surface area contributed by atoms with E-state index in [9.17, 15) is 9.59 Å². The van der Waals surface area contributed by atoms with Crippen LogP contribution in [0.4, 0.5) is 5.82 Å². The number of aromatic amines is 1. The zero-order chi connectivity index (χ0) is 10.6. The Hall–Kier alpha value is -2.29. The van der Waals surface area contributed by atoms with Crippen molar-refractivity contribution < 1.29 is 14.7 Å². The summed E-state index contributed by atoms with van der Waals surface area (Å²) in [6.07, 6.45) is 4.83. The normalized spacial score (nSPS) is 9.07. The molecule has 0 saturated heterocycles. The molecule has 1 heterocycles. The number of terminal acetylenes is 1. The number of hydrogen-bond acceptors (Lipinski definition) is 3. The van der Waals surface area contributed by atoms with Crippen molar-refractivity contribution in [2.45, 2.75) is 6.42 Å². The van der Waals surface area contributed by atoms with Gasteiger partial charge in [-0.3, -0.25) is 9.89 Å². The highest BCUT2D eigenvalue weighted by molar-refractivity contribution is 5.93. The van der Waals surface area contributed by atoms with E-state index in [1.807, 2.05) is 0 Å². The summed E-state index contributed by atoms with van der Waals surface area (Å²) in [5.41, 5.74) is -0.0963. The fourth-order valence-electron chi connectivity index (χ4n) is 0.775. The van der Waals surface area contributed by atoms with Crippen LogP contribution >= 0.6 is 0 Å². The molecule has 1 amide bonds. The number of hydrogen-bond donors (Lipinski definition) is 3. The number of aromatic carboxylic acids is 1. The van der Waals surface area contributed by atoms with Gasteiger partial charge >= 0.3 is 5.97 Å². The van der Waals surface area contributed by atoms with Crippen LogP contribution in [0.25, 0.3) is 0 Å². The van der Waals surface area contributed by atoms with Crippen LogP contribution in [-0.4, -0.2) is 27.2 Å². The first-order valence-electron chi connectivity index (χ1n) is 3.65. The Morgan fingerprint density at radius 2 is 2.43 bits per heavy atom. The van der Waals surface area contributed by atoms with Crippen LogP contribution in [0.5, 0.6) is 0 Å². The van der Waals surface area contributed by atoms with Gasteiger partial charge in [0.15, 0.2) is 5.82 Å². The molecule has 3 N–H and O–H groups in total. The third-order valence-electron chi connectivity index (χ3n) is 1.34. The van der Waals surface area contributed by atoms with Crippen LogP contribution in [-0.2, 0) is 4.79 Å². The summed E-state index contributed by atoms with van der Waals surface area (Å²) in [6, 6.07) is 1.21. The number of carbonyl (C=O) groups excluding carboxylic acids is 1. The molecule has 0 fully saturated rings. The number of carbonyl (C=O) groups is 2. The van der Waals surface area contributed by atoms with Crippen molar-refractivity contribution in [3.05, 3.63) is 11.8 Å². The van der Waals surface area contributed by atoms with Gasteiger partial charge in [0, 0.05) is 6.07 Å². The molecule has 0 aliphatic heterocycles. The van der Waals surface area contributed by atoms with E-state index >= 15 is 0 Å². The fraction of sp³-hybridized carbons (Fsp3) is 0.125. The smallest absolute Gasteiger partial charge is 0.353 e. The fourth-order valence-corrected chi connectivity index (χ4v) is 0.775. The van der Waals surface area contributed by atoms with Crippen molar-refractivity contribution in [1.82, 2.24) is 10.2 Å². The van der Waals surface area contributed by atoms with Gasteiger partial charge in [-0.05, 0) is 0 Å². The molecule has 6 nitrogen and oxygen atoms in total. The minimum atomic E-state index is -1.14. The summed E-state index contributed by atoms with van der Waals surface area (Å²) >= 11 is 0. The van der Waals surface area contributed by atoms with Gasteiger partial charge in [0.05, 0.1) is 6.42 Å². The molecule has 1 aromatic rings. The summed E-state index contributed by atoms with van der Waals surface area (Å²) in [4.78, 5) is 21.3. The van der Waals surface area contributed by atoms with Gasteiger partial charge in [0.2, 0.25) is 5.91 Å². The molecule has 1 aromatic heterocycles. The highest BCUT2D eigenvalue weighted by atomic mass is 16.4. The van der Waals surface area contributed by atoms with Crippen molar-refractivity contribution in [2.75, 3.05) is 5.32 Å². The Balaban J connectivity index is 2.65. The van der Waals surface area contributed by atoms with Gasteiger partial charge < -0.3 is 10.4 Å². The molecular weight excluding hydrogens is 186 g/mol. The lowest BCUT2D eigenvalue weighted by atomic mass is 10.4. The second kappa shape index (κ2) is 4.09. The number of carboxylic acid groups (broad SMARTS) is 1. The lowest BCUT2D eigenvalue weighted by molar-refractivity contribution is -0.115. The molecule has 0 aromatic carbocycles. The summed E-state index contributed by atoms with van der Waals surface area (Å²) in [7, 11) is 0. The van der Waals surface area contributed by atoms with Gasteiger partial charge in [-0.25, -0.2) is 4.79 Å². The van der Waals surface area contributed by atoms with Crippen molar-refractivity contribution in [3.63, 3.8) is 0 Å². The molecule has 6 heteroatoms. The number of amides is 1. The number of anilines is 1. The van der Waals surface area contributed by atoms with Gasteiger partial charge in [-0.1, -0.05) is 5.92 Å². The lowest BCUT2D eigenvalue weighted by Gasteiger charge is -1.94. The molecule has 0 spiro atoms. The Morgan fingerprint density at radius 3 is 2.93 bits per heavy atom. The van der Waals surface area contributed by atoms with E-state index in [2.05, 4.69) is 21.4 Å². The quantitative estimate of drug-likeness (QED) is 0.592. The van der Waals surface area contributed by atoms with Gasteiger partial charge in [0.1, 0.15) is 5.69 Å². The predicted molar refractivity (Wildman–Crippen MR) is 47.6 cm³/mol. The number of rotatable bonds is 3. The minimum absolute atomic E-state index is 0.0741. The number of nitrogens with zero attached hydrogens (tertiary/aromatic N) is 1. The van der Waals surface area contributed by atoms with Crippen LogP contribution in [0.3, 0.4) is 0 Å². The SMILES string of the molecule is C#CCC(=O)Nc1cc(C(=O)O)[nH]n1. The monoisotopic (exact) mass is 193 g/mol. The van der Waals surface area contributed by atoms with Crippen LogP contribution in [0.2, 0.25) is 0 Å². The van der Waals surface area contributed by atoms with E-state index in [4.69, 9.17) is 11.5 Å². The van der Waals surface area contributed by atoms with E-state index in [0.717, 1.165) is 0 Å². The van der Waals surface area contributed by atoms with Crippen molar-refractivity contribution >= 4 is 17.7 Å². The number of H-pyrrole nitrogens is 1. The summed E-state index contributed by atoms with van der Waals surface area (Å²) < 4.78 is 0. The Bertz CT molecular complexity index is 402. The average molecular weight is 193 g/mol. The molecule has 72 valence electrons. The predicted octanol–water partition coefficient (Wildman–Crippen LogP) is 0.0697. The van der Waals surface area contributed by atoms with Gasteiger partial charge in [-0.15, -0.1) is 6.42 Å². The van der Waals surface area contributed by atoms with E-state index in [1.165, 1.54) is 6.07 Å². The molecule has 0 saturated carbocycles. The maximum Gasteiger partial charge on any atom is 0.353 e. The zero-order valence-electron chi connectivity index (χ0n) is 7.07. The average Bonchev–Trinajstić information content (AvgIpc) is 2.53. The molecule has 1 rings (SSSR count). The maximum absolute atomic E-state index is 10.9. The van der Waals surface area contributed by atoms with Gasteiger partial charge in [-0.2, -0.15) is 5.10 Å². The van der Waals surface area contributed by atoms with E-state index in [0.29, 0.717) is 0 Å². The number of carboxylic acids is 1. The first kappa shape index (κ1) is 9.80. The molecule has 0 aliphatic rings. The molecule has 0 bridgehead atoms. The second-order valence-corrected chi connectivity index (χ2v) is 2.40. The molecule has 14 heavy (non-hydrogen) atoms. The van der Waals surface area contributed by atoms with Crippen molar-refractivity contribution in [1.29, 1.82) is 0 Å². The zero-order valence-corrected chi connectivity index (χ0v) is 7.07. The van der Waals surface area contributed by atoms with E-state index in [1.54, 1.807) is 0 Å². The minimum Gasteiger partial charge on any atom is -0.477 e. The third-order valence-corrected chi connectivity index (χ3v) is 1.34. The highest BCUT2D eigenvalue weighted by Crippen LogP contribution is 2.05. The van der Waals surface area contributed by atoms with Gasteiger partial charge in [0.25, 0.3) is 0 Å². The first-order chi connectivity index (χ1) is 6.63. The van der Waals surface area contributed by atoms with Crippen molar-refractivity contribution in [2.24, 2.45) is 0 Å². The lowest BCUT2D eigenvalue weighted by Crippen LogP contribution is -2.10. The Kier molecular flexibility index (Phi) is 2.86. The number of aromatic nitrogens is 2. The Labute approximate surface area is 79.3 Å². The molecular formula is C8H7N3O3. The van der Waals surface area contributed by atoms with E-state index < -0.39 is 11.9 Å². The second-order valence-electron chi connectivity index (χ2n) is 2.40. The summed E-state index contributed by atoms with van der Waals surface area (Å²) in [5, 5.41) is 16.6. The third kappa shape index (κ3) is 2.35.